The Morgan fingerprint density at radius 2 is 2.21 bits per heavy atom. The molecule has 2 atom stereocenters. The van der Waals surface area contributed by atoms with Crippen LogP contribution in [-0.2, 0) is 4.74 Å². The van der Waals surface area contributed by atoms with Crippen LogP contribution >= 0.6 is 0 Å². The zero-order valence-electron chi connectivity index (χ0n) is 11.4. The molecule has 104 valence electrons. The van der Waals surface area contributed by atoms with Crippen LogP contribution in [-0.4, -0.2) is 42.5 Å². The zero-order valence-corrected chi connectivity index (χ0v) is 11.4. The molecule has 3 nitrogen and oxygen atoms in total. The molecule has 0 aliphatic carbocycles. The topological polar surface area (TPSA) is 29.5 Å². The molecule has 4 heteroatoms. The van der Waals surface area contributed by atoms with Gasteiger partial charge in [-0.25, -0.2) is 4.39 Å². The molecular weight excluding hydrogens is 245 g/mol. The Hall–Kier alpha value is -1.26. The van der Waals surface area contributed by atoms with Gasteiger partial charge in [0.25, 0.3) is 0 Å². The number of Topliss-reactive ketones (excluding diaryl/α,β-unsaturated/α-hetero) is 1. The number of ether oxygens (including phenoxy) is 1. The van der Waals surface area contributed by atoms with Crippen LogP contribution in [0.3, 0.4) is 0 Å². The van der Waals surface area contributed by atoms with E-state index in [0.29, 0.717) is 6.61 Å². The van der Waals surface area contributed by atoms with Crippen molar-refractivity contribution in [2.75, 3.05) is 19.7 Å². The number of carbonyl (C=O) groups is 1. The van der Waals surface area contributed by atoms with Crippen molar-refractivity contribution in [3.8, 4) is 0 Å². The monoisotopic (exact) mass is 265 g/mol. The fraction of sp³-hybridized carbons (Fsp3) is 0.533. The Labute approximate surface area is 113 Å². The lowest BCUT2D eigenvalue weighted by atomic mass is 10.1. The summed E-state index contributed by atoms with van der Waals surface area (Å²) in [5.74, 6) is -0.604. The van der Waals surface area contributed by atoms with Crippen molar-refractivity contribution in [2.24, 2.45) is 0 Å². The molecule has 1 heterocycles. The van der Waals surface area contributed by atoms with E-state index >= 15 is 0 Å². The molecule has 1 aromatic carbocycles. The SMILES string of the molecule is CCC1COC(C)CN1CC(=O)c1ccccc1F. The highest BCUT2D eigenvalue weighted by Gasteiger charge is 2.27. The van der Waals surface area contributed by atoms with Gasteiger partial charge in [0, 0.05) is 12.6 Å². The molecule has 2 unspecified atom stereocenters. The minimum Gasteiger partial charge on any atom is -0.376 e. The summed E-state index contributed by atoms with van der Waals surface area (Å²) in [5.41, 5.74) is 0.177. The third-order valence-electron chi connectivity index (χ3n) is 3.57. The highest BCUT2D eigenvalue weighted by atomic mass is 19.1. The van der Waals surface area contributed by atoms with Crippen molar-refractivity contribution >= 4 is 5.78 Å². The van der Waals surface area contributed by atoms with E-state index in [-0.39, 0.29) is 30.0 Å². The van der Waals surface area contributed by atoms with Crippen molar-refractivity contribution in [3.63, 3.8) is 0 Å². The predicted octanol–water partition coefficient (Wildman–Crippen LogP) is 2.51. The highest BCUT2D eigenvalue weighted by Crippen LogP contribution is 2.16. The summed E-state index contributed by atoms with van der Waals surface area (Å²) in [5, 5.41) is 0. The van der Waals surface area contributed by atoms with Gasteiger partial charge in [0.05, 0.1) is 24.8 Å². The van der Waals surface area contributed by atoms with Gasteiger partial charge in [-0.2, -0.15) is 0 Å². The van der Waals surface area contributed by atoms with E-state index in [9.17, 15) is 9.18 Å². The standard InChI is InChI=1S/C15H20FNO2/c1-3-12-10-19-11(2)8-17(12)9-15(18)13-6-4-5-7-14(13)16/h4-7,11-12H,3,8-10H2,1-2H3. The Balaban J connectivity index is 2.07. The normalized spacial score (nSPS) is 24.4. The molecule has 0 N–H and O–H groups in total. The minimum atomic E-state index is -0.443. The quantitative estimate of drug-likeness (QED) is 0.783. The van der Waals surface area contributed by atoms with E-state index < -0.39 is 5.82 Å². The minimum absolute atomic E-state index is 0.122. The van der Waals surface area contributed by atoms with Gasteiger partial charge in [-0.3, -0.25) is 9.69 Å². The van der Waals surface area contributed by atoms with E-state index in [2.05, 4.69) is 11.8 Å². The first-order valence-corrected chi connectivity index (χ1v) is 6.75. The number of morpholine rings is 1. The van der Waals surface area contributed by atoms with E-state index in [1.807, 2.05) is 6.92 Å². The lowest BCUT2D eigenvalue weighted by Crippen LogP contribution is -2.50. The Morgan fingerprint density at radius 1 is 1.47 bits per heavy atom. The molecule has 2 rings (SSSR count). The number of ketones is 1. The molecule has 1 fully saturated rings. The summed E-state index contributed by atoms with van der Waals surface area (Å²) < 4.78 is 19.2. The number of hydrogen-bond acceptors (Lipinski definition) is 3. The van der Waals surface area contributed by atoms with Crippen LogP contribution in [0, 0.1) is 5.82 Å². The predicted molar refractivity (Wildman–Crippen MR) is 71.8 cm³/mol. The van der Waals surface area contributed by atoms with Gasteiger partial charge in [0.15, 0.2) is 5.78 Å². The lowest BCUT2D eigenvalue weighted by Gasteiger charge is -2.37. The van der Waals surface area contributed by atoms with E-state index in [1.54, 1.807) is 18.2 Å². The number of carbonyl (C=O) groups excluding carboxylic acids is 1. The Morgan fingerprint density at radius 3 is 2.89 bits per heavy atom. The second-order valence-corrected chi connectivity index (χ2v) is 5.04. The first-order chi connectivity index (χ1) is 9.11. The molecule has 1 aliphatic rings. The number of rotatable bonds is 4. The maximum absolute atomic E-state index is 13.6. The van der Waals surface area contributed by atoms with Crippen molar-refractivity contribution in [1.82, 2.24) is 4.90 Å². The van der Waals surface area contributed by atoms with E-state index in [0.717, 1.165) is 13.0 Å². The molecule has 19 heavy (non-hydrogen) atoms. The first-order valence-electron chi connectivity index (χ1n) is 6.75. The van der Waals surface area contributed by atoms with Gasteiger partial charge in [0.2, 0.25) is 0 Å². The average molecular weight is 265 g/mol. The van der Waals surface area contributed by atoms with Crippen LogP contribution in [0.5, 0.6) is 0 Å². The van der Waals surface area contributed by atoms with Crippen molar-refractivity contribution in [3.05, 3.63) is 35.6 Å². The van der Waals surface area contributed by atoms with Gasteiger partial charge in [-0.1, -0.05) is 19.1 Å². The van der Waals surface area contributed by atoms with Crippen molar-refractivity contribution in [1.29, 1.82) is 0 Å². The third-order valence-corrected chi connectivity index (χ3v) is 3.57. The Bertz CT molecular complexity index is 450. The molecule has 0 bridgehead atoms. The van der Waals surface area contributed by atoms with Gasteiger partial charge in [-0.15, -0.1) is 0 Å². The molecule has 1 aromatic rings. The van der Waals surface area contributed by atoms with Crippen molar-refractivity contribution < 1.29 is 13.9 Å². The fourth-order valence-corrected chi connectivity index (χ4v) is 2.44. The molecule has 0 radical (unpaired) electrons. The van der Waals surface area contributed by atoms with Crippen LogP contribution in [0.1, 0.15) is 30.6 Å². The summed E-state index contributed by atoms with van der Waals surface area (Å²) in [4.78, 5) is 14.3. The summed E-state index contributed by atoms with van der Waals surface area (Å²) in [6.45, 7) is 5.69. The number of halogens is 1. The first kappa shape index (κ1) is 14.2. The third kappa shape index (κ3) is 3.39. The summed E-state index contributed by atoms with van der Waals surface area (Å²) in [6, 6.07) is 6.40. The van der Waals surface area contributed by atoms with Gasteiger partial charge >= 0.3 is 0 Å². The smallest absolute Gasteiger partial charge is 0.179 e. The molecule has 0 amide bonds. The molecule has 0 saturated carbocycles. The second-order valence-electron chi connectivity index (χ2n) is 5.04. The maximum Gasteiger partial charge on any atom is 0.179 e. The molecule has 1 aliphatic heterocycles. The van der Waals surface area contributed by atoms with Gasteiger partial charge < -0.3 is 4.74 Å². The highest BCUT2D eigenvalue weighted by molar-refractivity contribution is 5.97. The molecule has 1 saturated heterocycles. The van der Waals surface area contributed by atoms with Crippen LogP contribution in [0.2, 0.25) is 0 Å². The van der Waals surface area contributed by atoms with E-state index in [4.69, 9.17) is 4.74 Å². The second kappa shape index (κ2) is 6.26. The van der Waals surface area contributed by atoms with Crippen LogP contribution < -0.4 is 0 Å². The van der Waals surface area contributed by atoms with Crippen LogP contribution in [0.15, 0.2) is 24.3 Å². The fourth-order valence-electron chi connectivity index (χ4n) is 2.44. The summed E-state index contributed by atoms with van der Waals surface area (Å²) in [6.07, 6.45) is 1.05. The van der Waals surface area contributed by atoms with Crippen LogP contribution in [0.25, 0.3) is 0 Å². The number of nitrogens with zero attached hydrogens (tertiary/aromatic N) is 1. The number of benzene rings is 1. The summed E-state index contributed by atoms with van der Waals surface area (Å²) >= 11 is 0. The largest absolute Gasteiger partial charge is 0.376 e. The van der Waals surface area contributed by atoms with Crippen LogP contribution in [0.4, 0.5) is 4.39 Å². The summed E-state index contributed by atoms with van der Waals surface area (Å²) in [7, 11) is 0. The van der Waals surface area contributed by atoms with E-state index in [1.165, 1.54) is 6.07 Å². The Kier molecular flexibility index (Phi) is 4.66. The maximum atomic E-state index is 13.6. The lowest BCUT2D eigenvalue weighted by molar-refractivity contribution is -0.0523. The molecule has 0 spiro atoms. The zero-order chi connectivity index (χ0) is 13.8. The number of hydrogen-bond donors (Lipinski definition) is 0. The van der Waals surface area contributed by atoms with Crippen molar-refractivity contribution in [2.45, 2.75) is 32.4 Å². The average Bonchev–Trinajstić information content (AvgIpc) is 2.39. The molecular formula is C15H20FNO2. The van der Waals surface area contributed by atoms with Gasteiger partial charge in [-0.05, 0) is 25.5 Å². The molecule has 0 aromatic heterocycles. The van der Waals surface area contributed by atoms with Gasteiger partial charge in [0.1, 0.15) is 5.82 Å².